The first-order valence-electron chi connectivity index (χ1n) is 9.35. The maximum Gasteiger partial charge on any atom is 0.0535 e. The van der Waals surface area contributed by atoms with Gasteiger partial charge in [0.25, 0.3) is 0 Å². The van der Waals surface area contributed by atoms with Gasteiger partial charge < -0.3 is 4.74 Å². The molecule has 0 amide bonds. The molecule has 136 valence electrons. The zero-order chi connectivity index (χ0) is 17.7. The Morgan fingerprint density at radius 1 is 1.24 bits per heavy atom. The number of pyridine rings is 1. The third-order valence-corrected chi connectivity index (χ3v) is 6.27. The predicted octanol–water partition coefficient (Wildman–Crippen LogP) is 4.62. The molecule has 25 heavy (non-hydrogen) atoms. The summed E-state index contributed by atoms with van der Waals surface area (Å²) in [7, 11) is 0. The minimum absolute atomic E-state index is 0.298. The van der Waals surface area contributed by atoms with Crippen molar-refractivity contribution in [3.05, 3.63) is 51.5 Å². The highest BCUT2D eigenvalue weighted by atomic mass is 32.1. The van der Waals surface area contributed by atoms with Crippen LogP contribution in [-0.2, 0) is 17.7 Å². The molecule has 1 saturated heterocycles. The number of aromatic nitrogens is 1. The molecule has 0 spiro atoms. The quantitative estimate of drug-likeness (QED) is 0.688. The number of aryl methyl sites for hydroxylation is 3. The minimum atomic E-state index is 0.298. The summed E-state index contributed by atoms with van der Waals surface area (Å²) in [5.41, 5.74) is 2.69. The Kier molecular flexibility index (Phi) is 6.26. The lowest BCUT2D eigenvalue weighted by Crippen LogP contribution is -2.32. The van der Waals surface area contributed by atoms with Gasteiger partial charge in [-0.3, -0.25) is 9.88 Å². The molecule has 0 aliphatic carbocycles. The van der Waals surface area contributed by atoms with Gasteiger partial charge in [-0.2, -0.15) is 0 Å². The van der Waals surface area contributed by atoms with E-state index in [1.807, 2.05) is 24.5 Å². The highest BCUT2D eigenvalue weighted by molar-refractivity contribution is 7.11. The van der Waals surface area contributed by atoms with E-state index < -0.39 is 0 Å². The second-order valence-electron chi connectivity index (χ2n) is 7.42. The van der Waals surface area contributed by atoms with Crippen LogP contribution in [0, 0.1) is 19.3 Å². The Morgan fingerprint density at radius 2 is 2.12 bits per heavy atom. The standard InChI is InChI=1S/C21H30N2OS/c1-4-24-16-21(10-9-20-8-6-18(3)25-20)11-12-23(15-21)14-19-7-5-17(2)22-13-19/h5-8,13H,4,9-12,14-16H2,1-3H3/t21-/m1/s1. The zero-order valence-electron chi connectivity index (χ0n) is 15.8. The van der Waals surface area contributed by atoms with Crippen LogP contribution in [0.15, 0.2) is 30.5 Å². The van der Waals surface area contributed by atoms with Crippen LogP contribution in [0.25, 0.3) is 0 Å². The van der Waals surface area contributed by atoms with Gasteiger partial charge in [0.05, 0.1) is 6.61 Å². The third kappa shape index (κ3) is 5.13. The number of nitrogens with zero attached hydrogens (tertiary/aromatic N) is 2. The van der Waals surface area contributed by atoms with E-state index >= 15 is 0 Å². The molecule has 0 bridgehead atoms. The van der Waals surface area contributed by atoms with Crippen molar-refractivity contribution in [3.63, 3.8) is 0 Å². The van der Waals surface area contributed by atoms with E-state index in [-0.39, 0.29) is 0 Å². The monoisotopic (exact) mass is 358 g/mol. The van der Waals surface area contributed by atoms with E-state index in [1.54, 1.807) is 0 Å². The smallest absolute Gasteiger partial charge is 0.0535 e. The van der Waals surface area contributed by atoms with E-state index in [0.29, 0.717) is 5.41 Å². The predicted molar refractivity (Wildman–Crippen MR) is 105 cm³/mol. The van der Waals surface area contributed by atoms with Gasteiger partial charge in [0.2, 0.25) is 0 Å². The maximum atomic E-state index is 5.89. The fourth-order valence-electron chi connectivity index (χ4n) is 3.73. The number of likely N-dealkylation sites (tertiary alicyclic amines) is 1. The molecule has 4 heteroatoms. The topological polar surface area (TPSA) is 25.4 Å². The highest BCUT2D eigenvalue weighted by Gasteiger charge is 2.38. The molecule has 2 aromatic rings. The van der Waals surface area contributed by atoms with E-state index in [2.05, 4.69) is 48.0 Å². The molecule has 2 aromatic heterocycles. The first kappa shape index (κ1) is 18.6. The molecular weight excluding hydrogens is 328 g/mol. The van der Waals surface area contributed by atoms with Crippen molar-refractivity contribution in [3.8, 4) is 0 Å². The average molecular weight is 359 g/mol. The van der Waals surface area contributed by atoms with Gasteiger partial charge in [-0.25, -0.2) is 0 Å². The molecule has 0 unspecified atom stereocenters. The summed E-state index contributed by atoms with van der Waals surface area (Å²) >= 11 is 1.94. The molecule has 0 saturated carbocycles. The molecule has 1 aliphatic rings. The van der Waals surface area contributed by atoms with Gasteiger partial charge in [-0.05, 0) is 70.3 Å². The van der Waals surface area contributed by atoms with E-state index in [4.69, 9.17) is 4.74 Å². The van der Waals surface area contributed by atoms with Crippen LogP contribution in [0.2, 0.25) is 0 Å². The van der Waals surface area contributed by atoms with Crippen LogP contribution in [0.4, 0.5) is 0 Å². The summed E-state index contributed by atoms with van der Waals surface area (Å²) in [5.74, 6) is 0. The molecule has 0 N–H and O–H groups in total. The van der Waals surface area contributed by atoms with Gasteiger partial charge in [0.1, 0.15) is 0 Å². The SMILES string of the molecule is CCOC[C@]1(CCc2ccc(C)s2)CCN(Cc2ccc(C)nc2)C1. The first-order chi connectivity index (χ1) is 12.1. The Bertz CT molecular complexity index is 667. The second kappa shape index (κ2) is 8.43. The molecule has 1 atom stereocenters. The Hall–Kier alpha value is -1.23. The fourth-order valence-corrected chi connectivity index (χ4v) is 4.62. The molecule has 1 aliphatic heterocycles. The minimum Gasteiger partial charge on any atom is -0.381 e. The van der Waals surface area contributed by atoms with E-state index in [0.717, 1.165) is 38.5 Å². The van der Waals surface area contributed by atoms with Gasteiger partial charge in [-0.1, -0.05) is 6.07 Å². The van der Waals surface area contributed by atoms with Crippen LogP contribution in [0.1, 0.15) is 40.8 Å². The van der Waals surface area contributed by atoms with Crippen LogP contribution >= 0.6 is 11.3 Å². The van der Waals surface area contributed by atoms with Gasteiger partial charge in [0.15, 0.2) is 0 Å². The van der Waals surface area contributed by atoms with Crippen molar-refractivity contribution in [1.82, 2.24) is 9.88 Å². The highest BCUT2D eigenvalue weighted by Crippen LogP contribution is 2.37. The molecule has 0 aromatic carbocycles. The van der Waals surface area contributed by atoms with Crippen molar-refractivity contribution in [2.75, 3.05) is 26.3 Å². The van der Waals surface area contributed by atoms with Gasteiger partial charge in [0, 0.05) is 46.8 Å². The van der Waals surface area contributed by atoms with Crippen molar-refractivity contribution in [2.45, 2.75) is 46.6 Å². The Labute approximate surface area is 156 Å². The summed E-state index contributed by atoms with van der Waals surface area (Å²) in [4.78, 5) is 9.93. The van der Waals surface area contributed by atoms with Crippen LogP contribution in [0.5, 0.6) is 0 Å². The summed E-state index contributed by atoms with van der Waals surface area (Å²) in [6, 6.07) is 8.84. The lowest BCUT2D eigenvalue weighted by Gasteiger charge is -2.29. The van der Waals surface area contributed by atoms with E-state index in [9.17, 15) is 0 Å². The van der Waals surface area contributed by atoms with Crippen molar-refractivity contribution >= 4 is 11.3 Å². The number of ether oxygens (including phenoxy) is 1. The summed E-state index contributed by atoms with van der Waals surface area (Å²) in [6.45, 7) is 11.3. The Morgan fingerprint density at radius 3 is 2.80 bits per heavy atom. The number of hydrogen-bond acceptors (Lipinski definition) is 4. The normalized spacial score (nSPS) is 21.1. The van der Waals surface area contributed by atoms with Gasteiger partial charge >= 0.3 is 0 Å². The average Bonchev–Trinajstić information content (AvgIpc) is 3.20. The van der Waals surface area contributed by atoms with Crippen molar-refractivity contribution < 1.29 is 4.74 Å². The molecule has 3 rings (SSSR count). The van der Waals surface area contributed by atoms with Crippen molar-refractivity contribution in [2.24, 2.45) is 5.41 Å². The number of hydrogen-bond donors (Lipinski definition) is 0. The van der Waals surface area contributed by atoms with Crippen LogP contribution in [-0.4, -0.2) is 36.2 Å². The molecule has 3 nitrogen and oxygen atoms in total. The van der Waals surface area contributed by atoms with E-state index in [1.165, 1.54) is 34.6 Å². The number of thiophene rings is 1. The molecular formula is C21H30N2OS. The second-order valence-corrected chi connectivity index (χ2v) is 8.79. The number of rotatable bonds is 8. The maximum absolute atomic E-state index is 5.89. The summed E-state index contributed by atoms with van der Waals surface area (Å²) in [5, 5.41) is 0. The fraction of sp³-hybridized carbons (Fsp3) is 0.571. The van der Waals surface area contributed by atoms with Gasteiger partial charge in [-0.15, -0.1) is 11.3 Å². The summed E-state index contributed by atoms with van der Waals surface area (Å²) < 4.78 is 5.89. The molecule has 0 radical (unpaired) electrons. The lowest BCUT2D eigenvalue weighted by molar-refractivity contribution is 0.0490. The third-order valence-electron chi connectivity index (χ3n) is 5.21. The summed E-state index contributed by atoms with van der Waals surface area (Å²) in [6.07, 6.45) is 5.64. The largest absolute Gasteiger partial charge is 0.381 e. The Balaban J connectivity index is 1.61. The first-order valence-corrected chi connectivity index (χ1v) is 10.2. The molecule has 1 fully saturated rings. The van der Waals surface area contributed by atoms with Crippen LogP contribution in [0.3, 0.4) is 0 Å². The molecule has 3 heterocycles. The van der Waals surface area contributed by atoms with Crippen LogP contribution < -0.4 is 0 Å². The lowest BCUT2D eigenvalue weighted by atomic mass is 9.83. The van der Waals surface area contributed by atoms with Crippen molar-refractivity contribution in [1.29, 1.82) is 0 Å². The zero-order valence-corrected chi connectivity index (χ0v) is 16.6.